The number of H-pyrrole nitrogens is 1. The van der Waals surface area contributed by atoms with Crippen LogP contribution in [0.5, 0.6) is 5.88 Å². The first-order valence-electron chi connectivity index (χ1n) is 5.24. The summed E-state index contributed by atoms with van der Waals surface area (Å²) in [5.74, 6) is 0.639. The topological polar surface area (TPSA) is 60.0 Å². The monoisotopic (exact) mass is 221 g/mol. The fourth-order valence-electron chi connectivity index (χ4n) is 1.57. The molecule has 0 aromatic carbocycles. The van der Waals surface area contributed by atoms with Gasteiger partial charge < -0.3 is 9.47 Å². The second kappa shape index (κ2) is 4.94. The van der Waals surface area contributed by atoms with E-state index in [1.54, 1.807) is 13.3 Å². The van der Waals surface area contributed by atoms with E-state index in [-0.39, 0.29) is 0 Å². The second-order valence-electron chi connectivity index (χ2n) is 3.54. The minimum Gasteiger partial charge on any atom is -0.477 e. The molecule has 2 rings (SSSR count). The molecule has 0 aliphatic heterocycles. The zero-order valence-corrected chi connectivity index (χ0v) is 9.49. The maximum atomic E-state index is 5.61. The van der Waals surface area contributed by atoms with Crippen molar-refractivity contribution in [1.29, 1.82) is 0 Å². The molecule has 0 bridgehead atoms. The van der Waals surface area contributed by atoms with Gasteiger partial charge in [0, 0.05) is 26.3 Å². The largest absolute Gasteiger partial charge is 0.477 e. The Kier molecular flexibility index (Phi) is 3.36. The van der Waals surface area contributed by atoms with Crippen molar-refractivity contribution in [1.82, 2.24) is 15.2 Å². The molecule has 0 aliphatic carbocycles. The third kappa shape index (κ3) is 2.14. The number of hydrogen-bond acceptors (Lipinski definition) is 4. The van der Waals surface area contributed by atoms with E-state index in [0.29, 0.717) is 19.1 Å². The molecule has 2 heterocycles. The Morgan fingerprint density at radius 2 is 2.25 bits per heavy atom. The van der Waals surface area contributed by atoms with Crippen LogP contribution in [-0.4, -0.2) is 35.5 Å². The number of rotatable bonds is 5. The fourth-order valence-corrected chi connectivity index (χ4v) is 1.57. The van der Waals surface area contributed by atoms with Gasteiger partial charge in [-0.05, 0) is 13.0 Å². The highest BCUT2D eigenvalue weighted by Crippen LogP contribution is 2.24. The van der Waals surface area contributed by atoms with Gasteiger partial charge >= 0.3 is 0 Å². The van der Waals surface area contributed by atoms with E-state index >= 15 is 0 Å². The van der Waals surface area contributed by atoms with Crippen LogP contribution in [0.2, 0.25) is 0 Å². The zero-order chi connectivity index (χ0) is 11.4. The van der Waals surface area contributed by atoms with Gasteiger partial charge in [0.05, 0.1) is 23.2 Å². The number of fused-ring (bicyclic) bond motifs is 1. The third-order valence-corrected chi connectivity index (χ3v) is 2.35. The van der Waals surface area contributed by atoms with Crippen molar-refractivity contribution in [3.8, 4) is 5.88 Å². The van der Waals surface area contributed by atoms with Crippen LogP contribution >= 0.6 is 0 Å². The Bertz CT molecular complexity index is 467. The van der Waals surface area contributed by atoms with Crippen molar-refractivity contribution in [2.45, 2.75) is 13.3 Å². The molecule has 0 radical (unpaired) electrons. The molecule has 0 amide bonds. The normalized spacial score (nSPS) is 10.9. The summed E-state index contributed by atoms with van der Waals surface area (Å²) in [7, 11) is 1.68. The van der Waals surface area contributed by atoms with E-state index in [1.165, 1.54) is 0 Å². The number of aromatic amines is 1. The molecule has 2 aromatic rings. The molecular weight excluding hydrogens is 206 g/mol. The third-order valence-electron chi connectivity index (χ3n) is 2.35. The smallest absolute Gasteiger partial charge is 0.224 e. The summed E-state index contributed by atoms with van der Waals surface area (Å²) in [5, 5.41) is 8.02. The van der Waals surface area contributed by atoms with Crippen LogP contribution in [-0.2, 0) is 4.74 Å². The molecule has 0 saturated carbocycles. The van der Waals surface area contributed by atoms with Crippen molar-refractivity contribution in [3.05, 3.63) is 18.0 Å². The van der Waals surface area contributed by atoms with Gasteiger partial charge in [-0.25, -0.2) is 4.98 Å². The molecule has 2 aromatic heterocycles. The number of aryl methyl sites for hydroxylation is 1. The predicted molar refractivity (Wildman–Crippen MR) is 60.6 cm³/mol. The molecule has 0 spiro atoms. The van der Waals surface area contributed by atoms with Gasteiger partial charge in [0.1, 0.15) is 0 Å². The molecule has 5 heteroatoms. The lowest BCUT2D eigenvalue weighted by atomic mass is 10.2. The Labute approximate surface area is 93.8 Å². The van der Waals surface area contributed by atoms with Crippen LogP contribution in [0.3, 0.4) is 0 Å². The van der Waals surface area contributed by atoms with Crippen LogP contribution in [0.4, 0.5) is 0 Å². The minimum atomic E-state index is 0.602. The lowest BCUT2D eigenvalue weighted by molar-refractivity contribution is 0.171. The quantitative estimate of drug-likeness (QED) is 0.780. The van der Waals surface area contributed by atoms with Crippen LogP contribution in [0.1, 0.15) is 12.1 Å². The Hall–Kier alpha value is -1.62. The average molecular weight is 221 g/mol. The molecule has 0 fully saturated rings. The Morgan fingerprint density at radius 1 is 1.38 bits per heavy atom. The van der Waals surface area contributed by atoms with Crippen molar-refractivity contribution in [2.75, 3.05) is 20.3 Å². The van der Waals surface area contributed by atoms with Crippen molar-refractivity contribution in [3.63, 3.8) is 0 Å². The molecule has 16 heavy (non-hydrogen) atoms. The summed E-state index contributed by atoms with van der Waals surface area (Å²) >= 11 is 0. The zero-order valence-electron chi connectivity index (χ0n) is 9.49. The lowest BCUT2D eigenvalue weighted by Gasteiger charge is -2.05. The first-order valence-corrected chi connectivity index (χ1v) is 5.24. The van der Waals surface area contributed by atoms with Crippen LogP contribution in [0.25, 0.3) is 10.9 Å². The fraction of sp³-hybridized carbons (Fsp3) is 0.455. The Balaban J connectivity index is 2.13. The Morgan fingerprint density at radius 3 is 3.06 bits per heavy atom. The number of nitrogens with zero attached hydrogens (tertiary/aromatic N) is 2. The molecule has 0 atom stereocenters. The number of hydrogen-bond donors (Lipinski definition) is 1. The van der Waals surface area contributed by atoms with Crippen LogP contribution < -0.4 is 4.74 Å². The second-order valence-corrected chi connectivity index (χ2v) is 3.54. The van der Waals surface area contributed by atoms with Gasteiger partial charge in [-0.1, -0.05) is 0 Å². The highest BCUT2D eigenvalue weighted by atomic mass is 16.5. The first-order chi connectivity index (χ1) is 7.83. The van der Waals surface area contributed by atoms with Crippen LogP contribution in [0.15, 0.2) is 12.3 Å². The molecule has 0 saturated heterocycles. The summed E-state index contributed by atoms with van der Waals surface area (Å²) in [5.41, 5.74) is 1.86. The standard InChI is InChI=1S/C11H15N3O2/c1-8-10-9(14-13-8)4-5-12-11(10)16-7-3-6-15-2/h4-5H,3,6-7H2,1-2H3,(H,13,14). The molecular formula is C11H15N3O2. The number of ether oxygens (including phenoxy) is 2. The summed E-state index contributed by atoms with van der Waals surface area (Å²) in [6, 6.07) is 1.89. The summed E-state index contributed by atoms with van der Waals surface area (Å²) < 4.78 is 10.6. The van der Waals surface area contributed by atoms with Crippen LogP contribution in [0, 0.1) is 6.92 Å². The van der Waals surface area contributed by atoms with E-state index in [2.05, 4.69) is 15.2 Å². The summed E-state index contributed by atoms with van der Waals surface area (Å²) in [6.45, 7) is 3.23. The van der Waals surface area contributed by atoms with E-state index in [9.17, 15) is 0 Å². The highest BCUT2D eigenvalue weighted by Gasteiger charge is 2.08. The molecule has 0 unspecified atom stereocenters. The average Bonchev–Trinajstić information content (AvgIpc) is 2.68. The number of methoxy groups -OCH3 is 1. The van der Waals surface area contributed by atoms with Gasteiger partial charge in [0.15, 0.2) is 0 Å². The van der Waals surface area contributed by atoms with E-state index in [4.69, 9.17) is 9.47 Å². The number of pyridine rings is 1. The van der Waals surface area contributed by atoms with E-state index in [1.807, 2.05) is 13.0 Å². The maximum absolute atomic E-state index is 5.61. The number of nitrogens with one attached hydrogen (secondary N) is 1. The SMILES string of the molecule is COCCCOc1nccc2[nH]nc(C)c12. The van der Waals surface area contributed by atoms with Gasteiger partial charge in [0.2, 0.25) is 5.88 Å². The summed E-state index contributed by atoms with van der Waals surface area (Å²) in [6.07, 6.45) is 2.57. The molecule has 5 nitrogen and oxygen atoms in total. The highest BCUT2D eigenvalue weighted by molar-refractivity contribution is 5.85. The minimum absolute atomic E-state index is 0.602. The van der Waals surface area contributed by atoms with Gasteiger partial charge in [-0.3, -0.25) is 5.10 Å². The van der Waals surface area contributed by atoms with Crippen molar-refractivity contribution >= 4 is 10.9 Å². The van der Waals surface area contributed by atoms with E-state index < -0.39 is 0 Å². The first kappa shape index (κ1) is 10.9. The molecule has 0 aliphatic rings. The van der Waals surface area contributed by atoms with Crippen molar-refractivity contribution in [2.24, 2.45) is 0 Å². The van der Waals surface area contributed by atoms with Crippen molar-refractivity contribution < 1.29 is 9.47 Å². The maximum Gasteiger partial charge on any atom is 0.224 e. The lowest BCUT2D eigenvalue weighted by Crippen LogP contribution is -2.02. The predicted octanol–water partition coefficient (Wildman–Crippen LogP) is 1.68. The van der Waals surface area contributed by atoms with Gasteiger partial charge in [-0.2, -0.15) is 5.10 Å². The molecule has 86 valence electrons. The van der Waals surface area contributed by atoms with Gasteiger partial charge in [0.25, 0.3) is 0 Å². The van der Waals surface area contributed by atoms with Gasteiger partial charge in [-0.15, -0.1) is 0 Å². The number of aromatic nitrogens is 3. The summed E-state index contributed by atoms with van der Waals surface area (Å²) in [4.78, 5) is 4.21. The van der Waals surface area contributed by atoms with E-state index in [0.717, 1.165) is 23.0 Å². The molecule has 1 N–H and O–H groups in total.